The van der Waals surface area contributed by atoms with Gasteiger partial charge < -0.3 is 20.3 Å². The number of phenols is 1. The van der Waals surface area contributed by atoms with Crippen LogP contribution in [0.3, 0.4) is 0 Å². The number of nitrogens with zero attached hydrogens (tertiary/aromatic N) is 1. The average Bonchev–Trinajstić information content (AvgIpc) is 2.75. The molecule has 0 bridgehead atoms. The summed E-state index contributed by atoms with van der Waals surface area (Å²) in [7, 11) is 1.19. The van der Waals surface area contributed by atoms with Crippen LogP contribution < -0.4 is 5.32 Å². The van der Waals surface area contributed by atoms with E-state index >= 15 is 0 Å². The third kappa shape index (κ3) is 2.91. The number of hydrogen-bond acceptors (Lipinski definition) is 7. The lowest BCUT2D eigenvalue weighted by molar-refractivity contribution is -0.137. The number of aliphatic hydroxyl groups is 1. The number of ether oxygens (including phenoxy) is 1. The van der Waals surface area contributed by atoms with Crippen molar-refractivity contribution in [1.29, 1.82) is 0 Å². The van der Waals surface area contributed by atoms with Crippen LogP contribution >= 0.6 is 0 Å². The fraction of sp³-hybridized carbons (Fsp3) is 0.214. The Hall–Kier alpha value is -2.87. The van der Waals surface area contributed by atoms with Crippen molar-refractivity contribution >= 4 is 23.5 Å². The third-order valence-corrected chi connectivity index (χ3v) is 3.02. The number of carbonyl (C=O) groups is 3. The highest BCUT2D eigenvalue weighted by atomic mass is 16.5. The van der Waals surface area contributed by atoms with Crippen LogP contribution in [0.1, 0.15) is 10.4 Å². The standard InChI is InChI=1S/C14H14N2O6/c1-22-14(21)9-3-2-8(6-11(9)18)15-10-7-12(19)16(4-5-17)13(10)20/h2-3,6-7,15,17-18H,4-5H2,1H3. The molecule has 0 fully saturated rings. The third-order valence-electron chi connectivity index (χ3n) is 3.02. The quantitative estimate of drug-likeness (QED) is 0.511. The molecule has 0 atom stereocenters. The number of hydrogen-bond donors (Lipinski definition) is 3. The van der Waals surface area contributed by atoms with Crippen LogP contribution in [0.4, 0.5) is 5.69 Å². The van der Waals surface area contributed by atoms with Crippen LogP contribution in [0, 0.1) is 0 Å². The maximum Gasteiger partial charge on any atom is 0.341 e. The molecule has 0 saturated heterocycles. The van der Waals surface area contributed by atoms with Gasteiger partial charge in [-0.3, -0.25) is 14.5 Å². The summed E-state index contributed by atoms with van der Waals surface area (Å²) in [4.78, 5) is 35.8. The van der Waals surface area contributed by atoms with Gasteiger partial charge in [0.2, 0.25) is 0 Å². The van der Waals surface area contributed by atoms with Gasteiger partial charge in [-0.1, -0.05) is 0 Å². The number of methoxy groups -OCH3 is 1. The lowest BCUT2D eigenvalue weighted by atomic mass is 10.2. The number of nitrogens with one attached hydrogen (secondary N) is 1. The second kappa shape index (κ2) is 6.27. The zero-order valence-corrected chi connectivity index (χ0v) is 11.7. The summed E-state index contributed by atoms with van der Waals surface area (Å²) < 4.78 is 4.50. The Morgan fingerprint density at radius 2 is 2.09 bits per heavy atom. The van der Waals surface area contributed by atoms with E-state index in [4.69, 9.17) is 5.11 Å². The van der Waals surface area contributed by atoms with Crippen LogP contribution in [0.25, 0.3) is 0 Å². The van der Waals surface area contributed by atoms with Crippen LogP contribution in [0.15, 0.2) is 30.0 Å². The number of carbonyl (C=O) groups excluding carboxylic acids is 3. The lowest BCUT2D eigenvalue weighted by Gasteiger charge is -2.13. The van der Waals surface area contributed by atoms with Gasteiger partial charge in [-0.05, 0) is 12.1 Å². The van der Waals surface area contributed by atoms with Gasteiger partial charge in [0, 0.05) is 17.8 Å². The number of amides is 2. The monoisotopic (exact) mass is 306 g/mol. The molecular formula is C14H14N2O6. The topological polar surface area (TPSA) is 116 Å². The molecule has 1 aromatic carbocycles. The molecule has 0 aliphatic carbocycles. The average molecular weight is 306 g/mol. The first-order valence-corrected chi connectivity index (χ1v) is 6.34. The van der Waals surface area contributed by atoms with Gasteiger partial charge in [0.05, 0.1) is 20.3 Å². The number of rotatable bonds is 5. The van der Waals surface area contributed by atoms with Gasteiger partial charge in [0.25, 0.3) is 11.8 Å². The van der Waals surface area contributed by atoms with Crippen molar-refractivity contribution in [2.75, 3.05) is 25.6 Å². The number of phenolic OH excluding ortho intramolecular Hbond substituents is 1. The molecule has 0 spiro atoms. The van der Waals surface area contributed by atoms with E-state index in [9.17, 15) is 19.5 Å². The molecule has 0 radical (unpaired) electrons. The summed E-state index contributed by atoms with van der Waals surface area (Å²) in [6, 6.07) is 4.02. The van der Waals surface area contributed by atoms with Crippen molar-refractivity contribution in [3.8, 4) is 5.75 Å². The van der Waals surface area contributed by atoms with Gasteiger partial charge in [0.15, 0.2) is 0 Å². The Morgan fingerprint density at radius 1 is 1.36 bits per heavy atom. The van der Waals surface area contributed by atoms with Gasteiger partial charge in [-0.25, -0.2) is 4.79 Å². The largest absolute Gasteiger partial charge is 0.507 e. The Morgan fingerprint density at radius 3 is 2.68 bits per heavy atom. The molecule has 1 aliphatic heterocycles. The molecule has 8 heteroatoms. The number of β-amino-alcohol motifs (C(OH)–C–C–N with tert-alkyl or cyclic N) is 1. The minimum atomic E-state index is -0.690. The van der Waals surface area contributed by atoms with E-state index in [1.54, 1.807) is 0 Å². The second-order valence-electron chi connectivity index (χ2n) is 4.43. The zero-order chi connectivity index (χ0) is 16.3. The van der Waals surface area contributed by atoms with Crippen molar-refractivity contribution in [2.24, 2.45) is 0 Å². The van der Waals surface area contributed by atoms with E-state index < -0.39 is 17.8 Å². The SMILES string of the molecule is COC(=O)c1ccc(NC2=CC(=O)N(CCO)C2=O)cc1O. The van der Waals surface area contributed by atoms with E-state index in [-0.39, 0.29) is 30.2 Å². The highest BCUT2D eigenvalue weighted by Crippen LogP contribution is 2.24. The summed E-state index contributed by atoms with van der Waals surface area (Å²) in [5, 5.41) is 21.3. The van der Waals surface area contributed by atoms with Crippen molar-refractivity contribution in [3.05, 3.63) is 35.5 Å². The van der Waals surface area contributed by atoms with E-state index in [0.717, 1.165) is 11.0 Å². The highest BCUT2D eigenvalue weighted by molar-refractivity contribution is 6.17. The molecule has 3 N–H and O–H groups in total. The smallest absolute Gasteiger partial charge is 0.341 e. The first-order valence-electron chi connectivity index (χ1n) is 6.34. The molecule has 8 nitrogen and oxygen atoms in total. The van der Waals surface area contributed by atoms with Crippen molar-refractivity contribution in [2.45, 2.75) is 0 Å². The molecule has 116 valence electrons. The van der Waals surface area contributed by atoms with E-state index in [2.05, 4.69) is 10.1 Å². The molecule has 0 saturated carbocycles. The Kier molecular flexibility index (Phi) is 4.42. The molecule has 1 aliphatic rings. The number of anilines is 1. The minimum absolute atomic E-state index is 0.0160. The number of imide groups is 1. The summed E-state index contributed by atoms with van der Waals surface area (Å²) in [6.45, 7) is -0.418. The molecule has 0 unspecified atom stereocenters. The van der Waals surface area contributed by atoms with Gasteiger partial charge in [0.1, 0.15) is 17.0 Å². The summed E-state index contributed by atoms with van der Waals surface area (Å²) in [5.41, 5.74) is 0.324. The Labute approximate surface area is 125 Å². The fourth-order valence-corrected chi connectivity index (χ4v) is 1.96. The van der Waals surface area contributed by atoms with E-state index in [1.165, 1.54) is 25.3 Å². The lowest BCUT2D eigenvalue weighted by Crippen LogP contribution is -2.34. The predicted octanol–water partition coefficient (Wildman–Crippen LogP) is -0.164. The minimum Gasteiger partial charge on any atom is -0.507 e. The summed E-state index contributed by atoms with van der Waals surface area (Å²) in [6.07, 6.45) is 1.10. The molecule has 1 heterocycles. The zero-order valence-electron chi connectivity index (χ0n) is 11.7. The molecule has 22 heavy (non-hydrogen) atoms. The van der Waals surface area contributed by atoms with Crippen molar-refractivity contribution < 1.29 is 29.3 Å². The van der Waals surface area contributed by atoms with Crippen LogP contribution in [0.5, 0.6) is 5.75 Å². The molecule has 2 amide bonds. The molecule has 2 rings (SSSR count). The Balaban J connectivity index is 2.17. The van der Waals surface area contributed by atoms with Crippen molar-refractivity contribution in [1.82, 2.24) is 4.90 Å². The van der Waals surface area contributed by atoms with Crippen LogP contribution in [0.2, 0.25) is 0 Å². The summed E-state index contributed by atoms with van der Waals surface area (Å²) in [5.74, 6) is -2.11. The molecular weight excluding hydrogens is 292 g/mol. The number of benzene rings is 1. The molecule has 1 aromatic rings. The summed E-state index contributed by atoms with van der Waals surface area (Å²) >= 11 is 0. The fourth-order valence-electron chi connectivity index (χ4n) is 1.96. The van der Waals surface area contributed by atoms with E-state index in [1.807, 2.05) is 0 Å². The van der Waals surface area contributed by atoms with Gasteiger partial charge in [-0.2, -0.15) is 0 Å². The first kappa shape index (κ1) is 15.5. The number of aliphatic hydroxyl groups excluding tert-OH is 1. The Bertz CT molecular complexity index is 667. The van der Waals surface area contributed by atoms with Crippen LogP contribution in [-0.4, -0.2) is 53.2 Å². The maximum atomic E-state index is 11.9. The second-order valence-corrected chi connectivity index (χ2v) is 4.43. The highest BCUT2D eigenvalue weighted by Gasteiger charge is 2.30. The first-order chi connectivity index (χ1) is 10.5. The van der Waals surface area contributed by atoms with Crippen molar-refractivity contribution in [3.63, 3.8) is 0 Å². The van der Waals surface area contributed by atoms with Gasteiger partial charge in [-0.15, -0.1) is 0 Å². The maximum absolute atomic E-state index is 11.9. The van der Waals surface area contributed by atoms with Gasteiger partial charge >= 0.3 is 5.97 Å². The number of aromatic hydroxyl groups is 1. The number of esters is 1. The normalized spacial score (nSPS) is 14.1. The predicted molar refractivity (Wildman–Crippen MR) is 75.0 cm³/mol. The molecule has 0 aromatic heterocycles. The van der Waals surface area contributed by atoms with E-state index in [0.29, 0.717) is 5.69 Å². The van der Waals surface area contributed by atoms with Crippen LogP contribution in [-0.2, 0) is 14.3 Å².